The molecule has 72 valence electrons. The SMILES string of the molecule is OCc1nccc(C(F)(F)F)c1Cl. The molecule has 0 aliphatic rings. The first-order chi connectivity index (χ1) is 5.96. The van der Waals surface area contributed by atoms with Gasteiger partial charge in [-0.2, -0.15) is 13.2 Å². The summed E-state index contributed by atoms with van der Waals surface area (Å²) >= 11 is 5.35. The third-order valence-electron chi connectivity index (χ3n) is 1.42. The van der Waals surface area contributed by atoms with Crippen molar-refractivity contribution in [2.24, 2.45) is 0 Å². The Morgan fingerprint density at radius 1 is 1.46 bits per heavy atom. The molecule has 1 rings (SSSR count). The summed E-state index contributed by atoms with van der Waals surface area (Å²) in [6.07, 6.45) is -3.55. The number of hydrogen-bond donors (Lipinski definition) is 1. The second-order valence-corrected chi connectivity index (χ2v) is 2.65. The van der Waals surface area contributed by atoms with Crippen molar-refractivity contribution in [3.8, 4) is 0 Å². The van der Waals surface area contributed by atoms with Crippen LogP contribution in [0, 0.1) is 0 Å². The lowest BCUT2D eigenvalue weighted by Crippen LogP contribution is -2.08. The molecule has 0 fully saturated rings. The zero-order valence-corrected chi connectivity index (χ0v) is 7.02. The number of aromatic nitrogens is 1. The quantitative estimate of drug-likeness (QED) is 0.773. The fraction of sp³-hybridized carbons (Fsp3) is 0.286. The van der Waals surface area contributed by atoms with Gasteiger partial charge in [0.05, 0.1) is 22.9 Å². The van der Waals surface area contributed by atoms with Crippen LogP contribution in [0.5, 0.6) is 0 Å². The predicted molar refractivity (Wildman–Crippen MR) is 40.2 cm³/mol. The van der Waals surface area contributed by atoms with Crippen LogP contribution in [0.3, 0.4) is 0 Å². The molecule has 1 N–H and O–H groups in total. The fourth-order valence-electron chi connectivity index (χ4n) is 0.816. The van der Waals surface area contributed by atoms with Crippen LogP contribution in [0.2, 0.25) is 5.02 Å². The predicted octanol–water partition coefficient (Wildman–Crippen LogP) is 2.25. The molecule has 1 heterocycles. The van der Waals surface area contributed by atoms with Crippen LogP contribution in [-0.2, 0) is 12.8 Å². The van der Waals surface area contributed by atoms with Crippen LogP contribution < -0.4 is 0 Å². The highest BCUT2D eigenvalue weighted by Gasteiger charge is 2.34. The lowest BCUT2D eigenvalue weighted by Gasteiger charge is -2.09. The summed E-state index contributed by atoms with van der Waals surface area (Å²) < 4.78 is 36.5. The van der Waals surface area contributed by atoms with Gasteiger partial charge in [0, 0.05) is 6.20 Å². The highest BCUT2D eigenvalue weighted by Crippen LogP contribution is 2.35. The zero-order valence-electron chi connectivity index (χ0n) is 6.27. The molecule has 0 amide bonds. The van der Waals surface area contributed by atoms with Crippen molar-refractivity contribution in [3.63, 3.8) is 0 Å². The van der Waals surface area contributed by atoms with Gasteiger partial charge in [0.1, 0.15) is 0 Å². The normalized spacial score (nSPS) is 11.8. The number of aliphatic hydroxyl groups excluding tert-OH is 1. The van der Waals surface area contributed by atoms with Crippen molar-refractivity contribution in [1.29, 1.82) is 0 Å². The van der Waals surface area contributed by atoms with Crippen LogP contribution in [0.15, 0.2) is 12.3 Å². The van der Waals surface area contributed by atoms with E-state index < -0.39 is 23.4 Å². The average molecular weight is 212 g/mol. The van der Waals surface area contributed by atoms with Crippen molar-refractivity contribution in [1.82, 2.24) is 4.98 Å². The maximum absolute atomic E-state index is 12.2. The number of hydrogen-bond acceptors (Lipinski definition) is 2. The van der Waals surface area contributed by atoms with E-state index in [1.165, 1.54) is 0 Å². The van der Waals surface area contributed by atoms with Gasteiger partial charge in [-0.1, -0.05) is 11.6 Å². The van der Waals surface area contributed by atoms with Gasteiger partial charge in [0.25, 0.3) is 0 Å². The summed E-state index contributed by atoms with van der Waals surface area (Å²) in [6.45, 7) is -0.608. The molecule has 0 radical (unpaired) electrons. The highest BCUT2D eigenvalue weighted by molar-refractivity contribution is 6.32. The Bertz CT molecular complexity index is 313. The van der Waals surface area contributed by atoms with E-state index in [9.17, 15) is 13.2 Å². The Kier molecular flexibility index (Phi) is 2.77. The molecule has 13 heavy (non-hydrogen) atoms. The average Bonchev–Trinajstić information content (AvgIpc) is 2.02. The van der Waals surface area contributed by atoms with Crippen molar-refractivity contribution in [2.75, 3.05) is 0 Å². The molecule has 1 aromatic heterocycles. The molecule has 0 spiro atoms. The maximum atomic E-state index is 12.2. The minimum Gasteiger partial charge on any atom is -0.390 e. The van der Waals surface area contributed by atoms with Gasteiger partial charge in [0.15, 0.2) is 0 Å². The van der Waals surface area contributed by atoms with Crippen LogP contribution in [0.25, 0.3) is 0 Å². The van der Waals surface area contributed by atoms with Crippen LogP contribution in [0.1, 0.15) is 11.3 Å². The monoisotopic (exact) mass is 211 g/mol. The van der Waals surface area contributed by atoms with Crippen LogP contribution >= 0.6 is 11.6 Å². The van der Waals surface area contributed by atoms with E-state index in [-0.39, 0.29) is 5.69 Å². The van der Waals surface area contributed by atoms with E-state index in [2.05, 4.69) is 4.98 Å². The molecular weight excluding hydrogens is 207 g/mol. The largest absolute Gasteiger partial charge is 0.417 e. The van der Waals surface area contributed by atoms with E-state index in [0.29, 0.717) is 0 Å². The van der Waals surface area contributed by atoms with Gasteiger partial charge in [-0.05, 0) is 6.07 Å². The molecule has 0 aliphatic carbocycles. The third kappa shape index (κ3) is 2.10. The summed E-state index contributed by atoms with van der Waals surface area (Å²) in [5.41, 5.74) is -1.15. The molecule has 0 bridgehead atoms. The molecule has 0 saturated heterocycles. The minimum atomic E-state index is -4.51. The Morgan fingerprint density at radius 3 is 2.54 bits per heavy atom. The fourth-order valence-corrected chi connectivity index (χ4v) is 1.09. The highest BCUT2D eigenvalue weighted by atomic mass is 35.5. The Morgan fingerprint density at radius 2 is 2.08 bits per heavy atom. The Hall–Kier alpha value is -0.810. The summed E-state index contributed by atoms with van der Waals surface area (Å²) in [5, 5.41) is 8.05. The van der Waals surface area contributed by atoms with Gasteiger partial charge in [-0.15, -0.1) is 0 Å². The number of alkyl halides is 3. The Balaban J connectivity index is 3.24. The minimum absolute atomic E-state index is 0.170. The van der Waals surface area contributed by atoms with Crippen molar-refractivity contribution in [3.05, 3.63) is 28.5 Å². The molecule has 0 saturated carbocycles. The number of nitrogens with zero attached hydrogens (tertiary/aromatic N) is 1. The van der Waals surface area contributed by atoms with E-state index in [0.717, 1.165) is 12.3 Å². The molecule has 0 unspecified atom stereocenters. The molecule has 2 nitrogen and oxygen atoms in total. The van der Waals surface area contributed by atoms with Crippen molar-refractivity contribution < 1.29 is 18.3 Å². The Labute approximate surface area is 77.0 Å². The summed E-state index contributed by atoms with van der Waals surface area (Å²) in [6, 6.07) is 0.765. The summed E-state index contributed by atoms with van der Waals surface area (Å²) in [5.74, 6) is 0. The van der Waals surface area contributed by atoms with Gasteiger partial charge in [0.2, 0.25) is 0 Å². The van der Waals surface area contributed by atoms with Crippen molar-refractivity contribution in [2.45, 2.75) is 12.8 Å². The van der Waals surface area contributed by atoms with E-state index >= 15 is 0 Å². The second-order valence-electron chi connectivity index (χ2n) is 2.28. The summed E-state index contributed by atoms with van der Waals surface area (Å²) in [7, 11) is 0. The lowest BCUT2D eigenvalue weighted by molar-refractivity contribution is -0.137. The molecule has 0 aromatic carbocycles. The van der Waals surface area contributed by atoms with Crippen LogP contribution in [-0.4, -0.2) is 10.1 Å². The van der Waals surface area contributed by atoms with E-state index in [1.807, 2.05) is 0 Å². The first-order valence-corrected chi connectivity index (χ1v) is 3.66. The van der Waals surface area contributed by atoms with Gasteiger partial charge >= 0.3 is 6.18 Å². The van der Waals surface area contributed by atoms with Gasteiger partial charge in [-0.3, -0.25) is 4.98 Å². The number of rotatable bonds is 1. The molecule has 0 aliphatic heterocycles. The van der Waals surface area contributed by atoms with Gasteiger partial charge in [-0.25, -0.2) is 0 Å². The zero-order chi connectivity index (χ0) is 10.1. The van der Waals surface area contributed by atoms with Crippen molar-refractivity contribution >= 4 is 11.6 Å². The molecule has 6 heteroatoms. The van der Waals surface area contributed by atoms with Crippen LogP contribution in [0.4, 0.5) is 13.2 Å². The van der Waals surface area contributed by atoms with Gasteiger partial charge < -0.3 is 5.11 Å². The number of halogens is 4. The lowest BCUT2D eigenvalue weighted by atomic mass is 10.2. The second kappa shape index (κ2) is 3.51. The molecule has 1 aromatic rings. The molecular formula is C7H5ClF3NO. The van der Waals surface area contributed by atoms with E-state index in [4.69, 9.17) is 16.7 Å². The summed E-state index contributed by atoms with van der Waals surface area (Å²) in [4.78, 5) is 3.49. The smallest absolute Gasteiger partial charge is 0.390 e. The number of aliphatic hydroxyl groups is 1. The topological polar surface area (TPSA) is 33.1 Å². The first-order valence-electron chi connectivity index (χ1n) is 3.28. The molecule has 0 atom stereocenters. The third-order valence-corrected chi connectivity index (χ3v) is 1.84. The van der Waals surface area contributed by atoms with E-state index in [1.54, 1.807) is 0 Å². The number of pyridine rings is 1. The standard InChI is InChI=1S/C7H5ClF3NO/c8-6-4(7(9,10)11)1-2-12-5(6)3-13/h1-2,13H,3H2. The maximum Gasteiger partial charge on any atom is 0.417 e. The first kappa shape index (κ1) is 10.3.